The van der Waals surface area contributed by atoms with Crippen molar-refractivity contribution >= 4 is 23.6 Å². The first kappa shape index (κ1) is 30.7. The van der Waals surface area contributed by atoms with E-state index in [9.17, 15) is 14.4 Å². The van der Waals surface area contributed by atoms with Crippen LogP contribution >= 0.6 is 0 Å². The highest BCUT2D eigenvalue weighted by Crippen LogP contribution is 2.27. The molecule has 2 N–H and O–H groups in total. The normalized spacial score (nSPS) is 13.6. The highest BCUT2D eigenvalue weighted by atomic mass is 16.6. The van der Waals surface area contributed by atoms with Crippen molar-refractivity contribution in [3.05, 3.63) is 60.2 Å². The van der Waals surface area contributed by atoms with Crippen LogP contribution in [0.1, 0.15) is 72.4 Å². The van der Waals surface area contributed by atoms with Crippen molar-refractivity contribution in [3.63, 3.8) is 0 Å². The van der Waals surface area contributed by atoms with Gasteiger partial charge in [0, 0.05) is 12.2 Å². The van der Waals surface area contributed by atoms with E-state index in [1.54, 1.807) is 57.0 Å². The molecule has 2 rings (SSSR count). The summed E-state index contributed by atoms with van der Waals surface area (Å²) in [5.41, 5.74) is 0.563. The Morgan fingerprint density at radius 3 is 2.13 bits per heavy atom. The minimum atomic E-state index is -0.899. The lowest BCUT2D eigenvalue weighted by atomic mass is 9.95. The van der Waals surface area contributed by atoms with Gasteiger partial charge < -0.3 is 25.0 Å². The summed E-state index contributed by atoms with van der Waals surface area (Å²) in [5, 5.41) is 5.75. The molecule has 8 heteroatoms. The van der Waals surface area contributed by atoms with Gasteiger partial charge in [0.05, 0.1) is 7.11 Å². The van der Waals surface area contributed by atoms with Crippen LogP contribution in [-0.4, -0.2) is 48.1 Å². The lowest BCUT2D eigenvalue weighted by Gasteiger charge is -2.36. The topological polar surface area (TPSA) is 97.0 Å². The van der Waals surface area contributed by atoms with Gasteiger partial charge in [-0.05, 0) is 62.9 Å². The molecule has 3 atom stereocenters. The largest absolute Gasteiger partial charge is 0.497 e. The van der Waals surface area contributed by atoms with Crippen LogP contribution in [0.15, 0.2) is 54.6 Å². The van der Waals surface area contributed by atoms with Crippen molar-refractivity contribution in [1.29, 1.82) is 0 Å². The van der Waals surface area contributed by atoms with E-state index in [1.165, 1.54) is 0 Å². The predicted molar refractivity (Wildman–Crippen MR) is 150 cm³/mol. The van der Waals surface area contributed by atoms with E-state index in [1.807, 2.05) is 51.1 Å². The second-order valence-corrected chi connectivity index (χ2v) is 10.4. The molecule has 8 nitrogen and oxygen atoms in total. The van der Waals surface area contributed by atoms with Crippen molar-refractivity contribution < 1.29 is 23.9 Å². The number of nitrogens with zero attached hydrogens (tertiary/aromatic N) is 1. The molecule has 0 aliphatic heterocycles. The van der Waals surface area contributed by atoms with Crippen LogP contribution in [-0.2, 0) is 14.3 Å². The van der Waals surface area contributed by atoms with Gasteiger partial charge in [-0.15, -0.1) is 0 Å². The van der Waals surface area contributed by atoms with Crippen LogP contribution < -0.4 is 15.4 Å². The number of hydrogen-bond donors (Lipinski definition) is 2. The SMILES string of the molecule is CCCCN(C(=O)C(NC(=O)OC(C)(C)C)C(C)CC)C(C(=O)Nc1ccc(OC)cc1)c1ccccc1. The number of amides is 3. The Morgan fingerprint density at radius 1 is 0.974 bits per heavy atom. The van der Waals surface area contributed by atoms with Gasteiger partial charge in [0.15, 0.2) is 0 Å². The molecule has 3 unspecified atom stereocenters. The van der Waals surface area contributed by atoms with Crippen molar-refractivity contribution in [2.24, 2.45) is 5.92 Å². The number of carbonyl (C=O) groups is 3. The molecule has 38 heavy (non-hydrogen) atoms. The zero-order chi connectivity index (χ0) is 28.3. The molecule has 0 saturated heterocycles. The van der Waals surface area contributed by atoms with Crippen molar-refractivity contribution in [1.82, 2.24) is 10.2 Å². The van der Waals surface area contributed by atoms with E-state index in [0.29, 0.717) is 36.4 Å². The van der Waals surface area contributed by atoms with E-state index < -0.39 is 23.8 Å². The van der Waals surface area contributed by atoms with E-state index >= 15 is 0 Å². The summed E-state index contributed by atoms with van der Waals surface area (Å²) in [6.07, 6.45) is 1.52. The minimum absolute atomic E-state index is 0.180. The highest BCUT2D eigenvalue weighted by Gasteiger charge is 2.37. The van der Waals surface area contributed by atoms with E-state index in [-0.39, 0.29) is 17.7 Å². The fourth-order valence-electron chi connectivity index (χ4n) is 3.98. The smallest absolute Gasteiger partial charge is 0.408 e. The number of methoxy groups -OCH3 is 1. The van der Waals surface area contributed by atoms with Gasteiger partial charge in [-0.3, -0.25) is 9.59 Å². The third kappa shape index (κ3) is 9.08. The van der Waals surface area contributed by atoms with E-state index in [2.05, 4.69) is 10.6 Å². The fourth-order valence-corrected chi connectivity index (χ4v) is 3.98. The first-order valence-corrected chi connectivity index (χ1v) is 13.3. The van der Waals surface area contributed by atoms with Crippen LogP contribution in [0.25, 0.3) is 0 Å². The number of rotatable bonds is 12. The second kappa shape index (κ2) is 14.4. The predicted octanol–water partition coefficient (Wildman–Crippen LogP) is 5.94. The average molecular weight is 526 g/mol. The van der Waals surface area contributed by atoms with Crippen LogP contribution in [0.2, 0.25) is 0 Å². The summed E-state index contributed by atoms with van der Waals surface area (Å²) in [7, 11) is 1.58. The average Bonchev–Trinajstić information content (AvgIpc) is 2.88. The first-order valence-electron chi connectivity index (χ1n) is 13.3. The van der Waals surface area contributed by atoms with Gasteiger partial charge in [-0.1, -0.05) is 63.9 Å². The molecule has 0 aliphatic rings. The molecule has 3 amide bonds. The Bertz CT molecular complexity index is 1030. The number of ether oxygens (including phenoxy) is 2. The van der Waals surface area contributed by atoms with Crippen LogP contribution in [0.4, 0.5) is 10.5 Å². The number of unbranched alkanes of at least 4 members (excludes halogenated alkanes) is 1. The summed E-state index contributed by atoms with van der Waals surface area (Å²) in [4.78, 5) is 42.3. The summed E-state index contributed by atoms with van der Waals surface area (Å²) >= 11 is 0. The van der Waals surface area contributed by atoms with Crippen LogP contribution in [0.3, 0.4) is 0 Å². The zero-order valence-electron chi connectivity index (χ0n) is 23.7. The van der Waals surface area contributed by atoms with Gasteiger partial charge in [-0.2, -0.15) is 0 Å². The van der Waals surface area contributed by atoms with E-state index in [0.717, 1.165) is 6.42 Å². The molecule has 0 bridgehead atoms. The second-order valence-electron chi connectivity index (χ2n) is 10.4. The highest BCUT2D eigenvalue weighted by molar-refractivity contribution is 5.99. The summed E-state index contributed by atoms with van der Waals surface area (Å²) in [5.74, 6) is -0.171. The standard InChI is InChI=1S/C30H43N3O5/c1-8-10-20-33(28(35)25(21(3)9-2)32-29(36)38-30(4,5)6)26(22-14-12-11-13-15-22)27(34)31-23-16-18-24(37-7)19-17-23/h11-19,21,25-26H,8-10,20H2,1-7H3,(H,31,34)(H,32,36). The number of nitrogens with one attached hydrogen (secondary N) is 2. The Morgan fingerprint density at radius 2 is 1.61 bits per heavy atom. The fraction of sp³-hybridized carbons (Fsp3) is 0.500. The summed E-state index contributed by atoms with van der Waals surface area (Å²) < 4.78 is 10.7. The molecule has 0 saturated carbocycles. The number of carbonyl (C=O) groups excluding carboxylic acids is 3. The lowest BCUT2D eigenvalue weighted by Crippen LogP contribution is -2.55. The third-order valence-electron chi connectivity index (χ3n) is 6.22. The number of hydrogen-bond acceptors (Lipinski definition) is 5. The molecule has 2 aromatic carbocycles. The Kier molecular flexibility index (Phi) is 11.6. The van der Waals surface area contributed by atoms with Crippen molar-refractivity contribution in [3.8, 4) is 5.75 Å². The van der Waals surface area contributed by atoms with Gasteiger partial charge in [-0.25, -0.2) is 4.79 Å². The molecule has 0 radical (unpaired) electrons. The molecule has 208 valence electrons. The quantitative estimate of drug-likeness (QED) is 0.357. The summed E-state index contributed by atoms with van der Waals surface area (Å²) in [6.45, 7) is 11.6. The third-order valence-corrected chi connectivity index (χ3v) is 6.22. The van der Waals surface area contributed by atoms with E-state index in [4.69, 9.17) is 9.47 Å². The molecule has 0 aliphatic carbocycles. The minimum Gasteiger partial charge on any atom is -0.497 e. The number of alkyl carbamates (subject to hydrolysis) is 1. The zero-order valence-corrected chi connectivity index (χ0v) is 23.7. The Balaban J connectivity index is 2.47. The Labute approximate surface area is 227 Å². The molecule has 0 heterocycles. The first-order chi connectivity index (χ1) is 18.0. The van der Waals surface area contributed by atoms with Crippen LogP contribution in [0, 0.1) is 5.92 Å². The van der Waals surface area contributed by atoms with Gasteiger partial charge >= 0.3 is 6.09 Å². The molecule has 2 aromatic rings. The number of anilines is 1. The lowest BCUT2D eigenvalue weighted by molar-refractivity contribution is -0.142. The molecular weight excluding hydrogens is 482 g/mol. The number of benzene rings is 2. The summed E-state index contributed by atoms with van der Waals surface area (Å²) in [6, 6.07) is 14.5. The maximum Gasteiger partial charge on any atom is 0.408 e. The van der Waals surface area contributed by atoms with Crippen molar-refractivity contribution in [2.45, 2.75) is 78.5 Å². The molecule has 0 fully saturated rings. The molecule has 0 spiro atoms. The van der Waals surface area contributed by atoms with Crippen LogP contribution in [0.5, 0.6) is 5.75 Å². The monoisotopic (exact) mass is 525 g/mol. The maximum absolute atomic E-state index is 14.2. The van der Waals surface area contributed by atoms with Gasteiger partial charge in [0.25, 0.3) is 5.91 Å². The van der Waals surface area contributed by atoms with Crippen molar-refractivity contribution in [2.75, 3.05) is 19.0 Å². The maximum atomic E-state index is 14.2. The Hall–Kier alpha value is -3.55. The van der Waals surface area contributed by atoms with Gasteiger partial charge in [0.2, 0.25) is 5.91 Å². The van der Waals surface area contributed by atoms with Gasteiger partial charge in [0.1, 0.15) is 23.4 Å². The molecular formula is C30H43N3O5. The molecule has 0 aromatic heterocycles.